The molecule has 0 aliphatic carbocycles. The average molecular weight is 371 g/mol. The van der Waals surface area contributed by atoms with E-state index in [4.69, 9.17) is 4.74 Å². The van der Waals surface area contributed by atoms with Gasteiger partial charge < -0.3 is 14.5 Å². The highest BCUT2D eigenvalue weighted by atomic mass is 79.9. The topological polar surface area (TPSA) is 32.8 Å². The van der Waals surface area contributed by atoms with Crippen LogP contribution in [-0.2, 0) is 11.2 Å². The Hall–Kier alpha value is -1.30. The Balaban J connectivity index is 1.73. The van der Waals surface area contributed by atoms with Crippen molar-refractivity contribution >= 4 is 27.7 Å². The van der Waals surface area contributed by atoms with Crippen LogP contribution < -0.4 is 4.90 Å². The summed E-state index contributed by atoms with van der Waals surface area (Å²) in [6, 6.07) is 3.63. The summed E-state index contributed by atoms with van der Waals surface area (Å²) in [5.41, 5.74) is 1.60. The van der Waals surface area contributed by atoms with Crippen molar-refractivity contribution in [1.29, 1.82) is 0 Å². The fourth-order valence-corrected chi connectivity index (χ4v) is 3.43. The number of hydrogen-bond donors (Lipinski definition) is 0. The summed E-state index contributed by atoms with van der Waals surface area (Å²) < 4.78 is 19.6. The van der Waals surface area contributed by atoms with E-state index in [1.54, 1.807) is 11.0 Å². The lowest BCUT2D eigenvalue weighted by Crippen LogP contribution is -2.54. The van der Waals surface area contributed by atoms with Gasteiger partial charge >= 0.3 is 6.09 Å². The maximum absolute atomic E-state index is 13.7. The second kappa shape index (κ2) is 5.41. The molecule has 1 aromatic rings. The zero-order valence-electron chi connectivity index (χ0n) is 13.0. The van der Waals surface area contributed by atoms with Crippen molar-refractivity contribution in [1.82, 2.24) is 4.90 Å². The Morgan fingerprint density at radius 1 is 1.36 bits per heavy atom. The summed E-state index contributed by atoms with van der Waals surface area (Å²) >= 11 is 3.25. The maximum Gasteiger partial charge on any atom is 0.410 e. The molecular formula is C16H20BrFN2O2. The van der Waals surface area contributed by atoms with Crippen LogP contribution in [0.4, 0.5) is 14.9 Å². The summed E-state index contributed by atoms with van der Waals surface area (Å²) in [5.74, 6) is -0.234. The second-order valence-corrected chi connectivity index (χ2v) is 7.73. The minimum absolute atomic E-state index is 0.199. The standard InChI is InChI=1S/C16H20BrFN2O2/c1-16(2,3)22-15(21)19-4-5-20-11(9-19)6-10-7-13(18)12(17)8-14(10)20/h7-8,11H,4-6,9H2,1-3H3. The molecule has 1 atom stereocenters. The van der Waals surface area contributed by atoms with Crippen LogP contribution in [0.15, 0.2) is 16.6 Å². The van der Waals surface area contributed by atoms with Crippen LogP contribution in [-0.4, -0.2) is 42.3 Å². The zero-order chi connectivity index (χ0) is 16.1. The number of nitrogens with zero attached hydrogens (tertiary/aromatic N) is 2. The summed E-state index contributed by atoms with van der Waals surface area (Å²) in [4.78, 5) is 16.2. The molecule has 2 heterocycles. The van der Waals surface area contributed by atoms with E-state index in [2.05, 4.69) is 20.8 Å². The van der Waals surface area contributed by atoms with Crippen LogP contribution in [0.1, 0.15) is 26.3 Å². The summed E-state index contributed by atoms with van der Waals surface area (Å²) in [6.45, 7) is 7.59. The van der Waals surface area contributed by atoms with E-state index < -0.39 is 5.60 Å². The van der Waals surface area contributed by atoms with E-state index in [1.807, 2.05) is 26.8 Å². The molecule has 0 N–H and O–H groups in total. The third-order valence-corrected chi connectivity index (χ3v) is 4.63. The molecule has 1 unspecified atom stereocenters. The van der Waals surface area contributed by atoms with Crippen LogP contribution >= 0.6 is 15.9 Å². The minimum atomic E-state index is -0.485. The minimum Gasteiger partial charge on any atom is -0.444 e. The normalized spacial score (nSPS) is 20.7. The first-order chi connectivity index (χ1) is 10.2. The Kier molecular flexibility index (Phi) is 3.83. The Morgan fingerprint density at radius 2 is 2.09 bits per heavy atom. The molecule has 0 aromatic heterocycles. The molecule has 2 aliphatic heterocycles. The molecule has 1 aromatic carbocycles. The summed E-state index contributed by atoms with van der Waals surface area (Å²) in [7, 11) is 0. The van der Waals surface area contributed by atoms with E-state index in [1.165, 1.54) is 0 Å². The zero-order valence-corrected chi connectivity index (χ0v) is 14.6. The molecule has 0 saturated carbocycles. The number of halogens is 2. The van der Waals surface area contributed by atoms with Crippen LogP contribution in [0.3, 0.4) is 0 Å². The molecular weight excluding hydrogens is 351 g/mol. The van der Waals surface area contributed by atoms with Crippen molar-refractivity contribution in [2.24, 2.45) is 0 Å². The van der Waals surface area contributed by atoms with Gasteiger partial charge in [0, 0.05) is 25.3 Å². The lowest BCUT2D eigenvalue weighted by atomic mass is 10.1. The first-order valence-electron chi connectivity index (χ1n) is 7.47. The molecule has 0 radical (unpaired) electrons. The number of benzene rings is 1. The van der Waals surface area contributed by atoms with E-state index >= 15 is 0 Å². The average Bonchev–Trinajstić information content (AvgIpc) is 2.74. The maximum atomic E-state index is 13.7. The monoisotopic (exact) mass is 370 g/mol. The molecule has 6 heteroatoms. The van der Waals surface area contributed by atoms with E-state index in [0.29, 0.717) is 17.6 Å². The summed E-state index contributed by atoms with van der Waals surface area (Å²) in [5, 5.41) is 0. The largest absolute Gasteiger partial charge is 0.444 e. The van der Waals surface area contributed by atoms with Crippen LogP contribution in [0.2, 0.25) is 0 Å². The highest BCUT2D eigenvalue weighted by Crippen LogP contribution is 2.37. The molecule has 1 fully saturated rings. The smallest absolute Gasteiger partial charge is 0.410 e. The lowest BCUT2D eigenvalue weighted by molar-refractivity contribution is 0.0217. The van der Waals surface area contributed by atoms with Gasteiger partial charge in [0.1, 0.15) is 11.4 Å². The SMILES string of the molecule is CC(C)(C)OC(=O)N1CCN2c3cc(Br)c(F)cc3CC2C1. The summed E-state index contributed by atoms with van der Waals surface area (Å²) in [6.07, 6.45) is 0.495. The predicted octanol–water partition coefficient (Wildman–Crippen LogP) is 3.57. The van der Waals surface area contributed by atoms with Gasteiger partial charge in [0.2, 0.25) is 0 Å². The molecule has 3 rings (SSSR count). The highest BCUT2D eigenvalue weighted by molar-refractivity contribution is 9.10. The Labute approximate surface area is 138 Å². The highest BCUT2D eigenvalue weighted by Gasteiger charge is 2.37. The van der Waals surface area contributed by atoms with Crippen molar-refractivity contribution in [3.8, 4) is 0 Å². The van der Waals surface area contributed by atoms with E-state index in [9.17, 15) is 9.18 Å². The Morgan fingerprint density at radius 3 is 2.77 bits per heavy atom. The first kappa shape index (κ1) is 15.6. The van der Waals surface area contributed by atoms with Crippen molar-refractivity contribution in [3.05, 3.63) is 28.0 Å². The number of piperazine rings is 1. The molecule has 0 bridgehead atoms. The second-order valence-electron chi connectivity index (χ2n) is 6.87. The number of carbonyl (C=O) groups is 1. The van der Waals surface area contributed by atoms with Crippen molar-refractivity contribution in [2.75, 3.05) is 24.5 Å². The van der Waals surface area contributed by atoms with Gasteiger partial charge in [-0.3, -0.25) is 0 Å². The van der Waals surface area contributed by atoms with Gasteiger partial charge in [-0.05, 0) is 60.8 Å². The fraction of sp³-hybridized carbons (Fsp3) is 0.562. The van der Waals surface area contributed by atoms with Crippen molar-refractivity contribution < 1.29 is 13.9 Å². The predicted molar refractivity (Wildman–Crippen MR) is 86.7 cm³/mol. The van der Waals surface area contributed by atoms with E-state index in [-0.39, 0.29) is 18.0 Å². The number of amides is 1. The van der Waals surface area contributed by atoms with Crippen LogP contribution in [0.5, 0.6) is 0 Å². The first-order valence-corrected chi connectivity index (χ1v) is 8.26. The number of carbonyl (C=O) groups excluding carboxylic acids is 1. The van der Waals surface area contributed by atoms with Gasteiger partial charge in [-0.25, -0.2) is 9.18 Å². The van der Waals surface area contributed by atoms with Gasteiger partial charge in [-0.15, -0.1) is 0 Å². The number of rotatable bonds is 0. The lowest BCUT2D eigenvalue weighted by Gasteiger charge is -2.39. The van der Waals surface area contributed by atoms with Gasteiger partial charge in [-0.1, -0.05) is 0 Å². The molecule has 22 heavy (non-hydrogen) atoms. The molecule has 120 valence electrons. The molecule has 2 aliphatic rings. The molecule has 1 amide bonds. The number of hydrogen-bond acceptors (Lipinski definition) is 3. The molecule has 0 spiro atoms. The van der Waals surface area contributed by atoms with Crippen molar-refractivity contribution in [3.63, 3.8) is 0 Å². The van der Waals surface area contributed by atoms with Gasteiger partial charge in [-0.2, -0.15) is 0 Å². The third-order valence-electron chi connectivity index (χ3n) is 4.02. The van der Waals surface area contributed by atoms with Gasteiger partial charge in [0.05, 0.1) is 10.5 Å². The van der Waals surface area contributed by atoms with Gasteiger partial charge in [0.25, 0.3) is 0 Å². The third kappa shape index (κ3) is 2.93. The molecule has 4 nitrogen and oxygen atoms in total. The van der Waals surface area contributed by atoms with Crippen LogP contribution in [0.25, 0.3) is 0 Å². The Bertz CT molecular complexity index is 615. The number of ether oxygens (including phenoxy) is 1. The number of fused-ring (bicyclic) bond motifs is 3. The molecule has 1 saturated heterocycles. The van der Waals surface area contributed by atoms with E-state index in [0.717, 1.165) is 24.2 Å². The van der Waals surface area contributed by atoms with Crippen LogP contribution in [0, 0.1) is 5.82 Å². The van der Waals surface area contributed by atoms with Crippen molar-refractivity contribution in [2.45, 2.75) is 38.8 Å². The van der Waals surface area contributed by atoms with Gasteiger partial charge in [0.15, 0.2) is 0 Å². The fourth-order valence-electron chi connectivity index (χ4n) is 3.10. The quantitative estimate of drug-likeness (QED) is 0.699. The number of anilines is 1.